The summed E-state index contributed by atoms with van der Waals surface area (Å²) in [5, 5.41) is 6.13. The lowest BCUT2D eigenvalue weighted by Gasteiger charge is -2.30. The molecule has 2 heterocycles. The lowest BCUT2D eigenvalue weighted by atomic mass is 10.2. The molecule has 29 heavy (non-hydrogen) atoms. The molecule has 1 saturated heterocycles. The fourth-order valence-electron chi connectivity index (χ4n) is 3.24. The molecule has 0 bridgehead atoms. The number of rotatable bonds is 5. The molecule has 1 fully saturated rings. The molecule has 7 heteroatoms. The number of nitrogens with zero attached hydrogens (tertiary/aromatic N) is 3. The van der Waals surface area contributed by atoms with E-state index in [0.29, 0.717) is 24.9 Å². The average molecular weight is 389 g/mol. The van der Waals surface area contributed by atoms with Crippen LogP contribution in [0.5, 0.6) is 0 Å². The van der Waals surface area contributed by atoms with Crippen LogP contribution in [0.4, 0.5) is 23.0 Å². The number of aromatic nitrogens is 2. The number of morpholine rings is 1. The summed E-state index contributed by atoms with van der Waals surface area (Å²) >= 11 is 0. The van der Waals surface area contributed by atoms with Crippen molar-refractivity contribution in [1.29, 1.82) is 0 Å². The summed E-state index contributed by atoms with van der Waals surface area (Å²) in [6.45, 7) is 4.97. The molecule has 148 valence electrons. The molecule has 1 aliphatic heterocycles. The van der Waals surface area contributed by atoms with Gasteiger partial charge in [0.15, 0.2) is 0 Å². The lowest BCUT2D eigenvalue weighted by molar-refractivity contribution is 0.102. The number of hydrogen-bond acceptors (Lipinski definition) is 6. The van der Waals surface area contributed by atoms with Gasteiger partial charge in [0.05, 0.1) is 24.6 Å². The molecule has 0 saturated carbocycles. The van der Waals surface area contributed by atoms with Crippen LogP contribution >= 0.6 is 0 Å². The molecule has 7 nitrogen and oxygen atoms in total. The Kier molecular flexibility index (Phi) is 5.67. The van der Waals surface area contributed by atoms with Gasteiger partial charge in [0.2, 0.25) is 5.95 Å². The van der Waals surface area contributed by atoms with E-state index in [1.807, 2.05) is 55.5 Å². The van der Waals surface area contributed by atoms with Crippen LogP contribution in [0.3, 0.4) is 0 Å². The van der Waals surface area contributed by atoms with E-state index in [1.54, 1.807) is 12.3 Å². The van der Waals surface area contributed by atoms with Crippen molar-refractivity contribution in [1.82, 2.24) is 9.97 Å². The van der Waals surface area contributed by atoms with Gasteiger partial charge in [-0.25, -0.2) is 9.97 Å². The standard InChI is InChI=1S/C22H23N5O2/c1-16-5-4-6-17(15-16)24-22-23-10-9-19(26-22)21(28)25-18-7-2-3-8-20(18)27-11-13-29-14-12-27/h2-10,15H,11-14H2,1H3,(H,25,28)(H,23,24,26). The van der Waals surface area contributed by atoms with Crippen LogP contribution in [0, 0.1) is 6.92 Å². The third kappa shape index (κ3) is 4.70. The van der Waals surface area contributed by atoms with Crippen molar-refractivity contribution in [3.63, 3.8) is 0 Å². The van der Waals surface area contributed by atoms with Gasteiger partial charge in [0.1, 0.15) is 5.69 Å². The minimum absolute atomic E-state index is 0.277. The summed E-state index contributed by atoms with van der Waals surface area (Å²) in [6.07, 6.45) is 1.58. The highest BCUT2D eigenvalue weighted by molar-refractivity contribution is 6.04. The van der Waals surface area contributed by atoms with Crippen LogP contribution in [-0.4, -0.2) is 42.2 Å². The van der Waals surface area contributed by atoms with E-state index in [4.69, 9.17) is 4.74 Å². The maximum absolute atomic E-state index is 12.8. The third-order valence-corrected chi connectivity index (χ3v) is 4.67. The Hall–Kier alpha value is -3.45. The Morgan fingerprint density at radius 2 is 1.90 bits per heavy atom. The van der Waals surface area contributed by atoms with Crippen LogP contribution in [0.25, 0.3) is 0 Å². The number of benzene rings is 2. The van der Waals surface area contributed by atoms with E-state index in [-0.39, 0.29) is 5.91 Å². The molecule has 0 atom stereocenters. The van der Waals surface area contributed by atoms with E-state index >= 15 is 0 Å². The van der Waals surface area contributed by atoms with Gasteiger partial charge < -0.3 is 20.3 Å². The molecular weight excluding hydrogens is 366 g/mol. The van der Waals surface area contributed by atoms with Crippen LogP contribution in [-0.2, 0) is 4.74 Å². The largest absolute Gasteiger partial charge is 0.378 e. The van der Waals surface area contributed by atoms with Gasteiger partial charge in [-0.2, -0.15) is 0 Å². The number of amides is 1. The maximum Gasteiger partial charge on any atom is 0.274 e. The van der Waals surface area contributed by atoms with E-state index in [9.17, 15) is 4.79 Å². The molecule has 4 rings (SSSR count). The Morgan fingerprint density at radius 1 is 1.07 bits per heavy atom. The molecule has 1 amide bonds. The second kappa shape index (κ2) is 8.70. The lowest BCUT2D eigenvalue weighted by Crippen LogP contribution is -2.36. The van der Waals surface area contributed by atoms with Crippen molar-refractivity contribution in [3.8, 4) is 0 Å². The molecule has 0 unspecified atom stereocenters. The number of para-hydroxylation sites is 2. The van der Waals surface area contributed by atoms with Crippen molar-refractivity contribution in [2.45, 2.75) is 6.92 Å². The van der Waals surface area contributed by atoms with E-state index in [2.05, 4.69) is 25.5 Å². The zero-order valence-corrected chi connectivity index (χ0v) is 16.3. The van der Waals surface area contributed by atoms with Crippen molar-refractivity contribution in [2.75, 3.05) is 41.8 Å². The van der Waals surface area contributed by atoms with Crippen molar-refractivity contribution < 1.29 is 9.53 Å². The number of anilines is 4. The predicted octanol–water partition coefficient (Wildman–Crippen LogP) is 3.62. The zero-order chi connectivity index (χ0) is 20.1. The van der Waals surface area contributed by atoms with Gasteiger partial charge in [-0.1, -0.05) is 24.3 Å². The van der Waals surface area contributed by atoms with Gasteiger partial charge in [0, 0.05) is 25.0 Å². The van der Waals surface area contributed by atoms with Gasteiger partial charge in [-0.05, 0) is 42.8 Å². The number of aryl methyl sites for hydroxylation is 1. The number of hydrogen-bond donors (Lipinski definition) is 2. The molecule has 2 N–H and O–H groups in total. The number of carbonyl (C=O) groups is 1. The summed E-state index contributed by atoms with van der Waals surface area (Å²) in [6, 6.07) is 17.3. The number of ether oxygens (including phenoxy) is 1. The second-order valence-corrected chi connectivity index (χ2v) is 6.83. The second-order valence-electron chi connectivity index (χ2n) is 6.83. The maximum atomic E-state index is 12.8. The average Bonchev–Trinajstić information content (AvgIpc) is 2.75. The topological polar surface area (TPSA) is 79.4 Å². The van der Waals surface area contributed by atoms with Crippen molar-refractivity contribution in [3.05, 3.63) is 72.1 Å². The Balaban J connectivity index is 1.51. The highest BCUT2D eigenvalue weighted by Gasteiger charge is 2.17. The van der Waals surface area contributed by atoms with Crippen LogP contribution in [0.1, 0.15) is 16.1 Å². The van der Waals surface area contributed by atoms with Crippen molar-refractivity contribution >= 4 is 28.9 Å². The summed E-state index contributed by atoms with van der Waals surface area (Å²) < 4.78 is 5.43. The fraction of sp³-hybridized carbons (Fsp3) is 0.227. The van der Waals surface area contributed by atoms with Crippen LogP contribution in [0.15, 0.2) is 60.8 Å². The first-order chi connectivity index (χ1) is 14.2. The molecule has 1 aliphatic rings. The number of carbonyl (C=O) groups excluding carboxylic acids is 1. The molecule has 0 radical (unpaired) electrons. The van der Waals surface area contributed by atoms with Gasteiger partial charge >= 0.3 is 0 Å². The quantitative estimate of drug-likeness (QED) is 0.694. The SMILES string of the molecule is Cc1cccc(Nc2nccc(C(=O)Nc3ccccc3N3CCOCC3)n2)c1. The highest BCUT2D eigenvalue weighted by Crippen LogP contribution is 2.26. The zero-order valence-electron chi connectivity index (χ0n) is 16.3. The molecular formula is C22H23N5O2. The Labute approximate surface area is 169 Å². The van der Waals surface area contributed by atoms with Crippen LogP contribution < -0.4 is 15.5 Å². The monoisotopic (exact) mass is 389 g/mol. The van der Waals surface area contributed by atoms with E-state index in [0.717, 1.165) is 35.7 Å². The molecule has 3 aromatic rings. The van der Waals surface area contributed by atoms with Gasteiger partial charge in [-0.3, -0.25) is 4.79 Å². The minimum atomic E-state index is -0.277. The Morgan fingerprint density at radius 3 is 2.72 bits per heavy atom. The first kappa shape index (κ1) is 18.9. The number of nitrogens with one attached hydrogen (secondary N) is 2. The van der Waals surface area contributed by atoms with Gasteiger partial charge in [-0.15, -0.1) is 0 Å². The first-order valence-electron chi connectivity index (χ1n) is 9.59. The summed E-state index contributed by atoms with van der Waals surface area (Å²) in [7, 11) is 0. The summed E-state index contributed by atoms with van der Waals surface area (Å²) in [4.78, 5) is 23.6. The molecule has 1 aromatic heterocycles. The fourth-order valence-corrected chi connectivity index (χ4v) is 3.24. The molecule has 0 spiro atoms. The van der Waals surface area contributed by atoms with Crippen molar-refractivity contribution in [2.24, 2.45) is 0 Å². The molecule has 0 aliphatic carbocycles. The van der Waals surface area contributed by atoms with E-state index in [1.165, 1.54) is 0 Å². The molecule has 2 aromatic carbocycles. The normalized spacial score (nSPS) is 13.8. The summed E-state index contributed by atoms with van der Waals surface area (Å²) in [5.74, 6) is 0.102. The highest BCUT2D eigenvalue weighted by atomic mass is 16.5. The first-order valence-corrected chi connectivity index (χ1v) is 9.59. The smallest absolute Gasteiger partial charge is 0.274 e. The van der Waals surface area contributed by atoms with E-state index < -0.39 is 0 Å². The van der Waals surface area contributed by atoms with Gasteiger partial charge in [0.25, 0.3) is 5.91 Å². The Bertz CT molecular complexity index is 1000. The summed E-state index contributed by atoms with van der Waals surface area (Å²) in [5.41, 5.74) is 4.04. The predicted molar refractivity (Wildman–Crippen MR) is 114 cm³/mol. The third-order valence-electron chi connectivity index (χ3n) is 4.67. The minimum Gasteiger partial charge on any atom is -0.378 e. The van der Waals surface area contributed by atoms with Crippen LogP contribution in [0.2, 0.25) is 0 Å².